The molecule has 1 aliphatic heterocycles. The van der Waals surface area contributed by atoms with E-state index in [1.54, 1.807) is 0 Å². The molecule has 2 aliphatic rings. The van der Waals surface area contributed by atoms with Crippen molar-refractivity contribution in [1.82, 2.24) is 4.90 Å². The largest absolute Gasteiger partial charge is 0.345 e. The fourth-order valence-corrected chi connectivity index (χ4v) is 1.85. The van der Waals surface area contributed by atoms with Gasteiger partial charge in [0.1, 0.15) is 0 Å². The minimum atomic E-state index is 0.359. The zero-order valence-electron chi connectivity index (χ0n) is 7.85. The summed E-state index contributed by atoms with van der Waals surface area (Å²) in [4.78, 5) is 12.9. The molecule has 0 aromatic carbocycles. The van der Waals surface area contributed by atoms with E-state index in [9.17, 15) is 4.79 Å². The number of amides is 1. The molecule has 2 atom stereocenters. The topological polar surface area (TPSA) is 20.3 Å². The molecule has 2 nitrogen and oxygen atoms in total. The lowest BCUT2D eigenvalue weighted by Gasteiger charge is -2.11. The molecule has 2 unspecified atom stereocenters. The Morgan fingerprint density at radius 1 is 1.55 bits per heavy atom. The van der Waals surface area contributed by atoms with Crippen LogP contribution < -0.4 is 0 Å². The van der Waals surface area contributed by atoms with E-state index in [1.807, 2.05) is 25.8 Å². The van der Waals surface area contributed by atoms with Gasteiger partial charge in [0.25, 0.3) is 0 Å². The second kappa shape index (κ2) is 2.50. The minimum Gasteiger partial charge on any atom is -0.345 e. The Bertz CT molecular complexity index is 178. The second-order valence-corrected chi connectivity index (χ2v) is 3.61. The van der Waals surface area contributed by atoms with Gasteiger partial charge in [-0.3, -0.25) is 4.79 Å². The van der Waals surface area contributed by atoms with Crippen molar-refractivity contribution in [3.63, 3.8) is 0 Å². The highest BCUT2D eigenvalue weighted by molar-refractivity contribution is 5.85. The summed E-state index contributed by atoms with van der Waals surface area (Å²) in [6.45, 7) is 7.18. The Morgan fingerprint density at radius 3 is 2.27 bits per heavy atom. The molecule has 1 saturated heterocycles. The van der Waals surface area contributed by atoms with Crippen LogP contribution in [-0.2, 0) is 4.79 Å². The predicted molar refractivity (Wildman–Crippen MR) is 45.2 cm³/mol. The molecule has 2 fully saturated rings. The zero-order valence-corrected chi connectivity index (χ0v) is 7.85. The number of fused-ring (bicyclic) bond motifs is 1. The van der Waals surface area contributed by atoms with Gasteiger partial charge in [-0.05, 0) is 11.8 Å². The highest BCUT2D eigenvalue weighted by Crippen LogP contribution is 2.57. The summed E-state index contributed by atoms with van der Waals surface area (Å²) < 4.78 is 0. The fraction of sp³-hybridized carbons (Fsp3) is 0.889. The van der Waals surface area contributed by atoms with E-state index in [0.717, 1.165) is 13.0 Å². The summed E-state index contributed by atoms with van der Waals surface area (Å²) in [6.07, 6.45) is 1.14. The highest BCUT2D eigenvalue weighted by atomic mass is 16.2. The molecule has 0 aromatic rings. The van der Waals surface area contributed by atoms with Gasteiger partial charge in [-0.1, -0.05) is 20.8 Å². The van der Waals surface area contributed by atoms with Crippen molar-refractivity contribution in [2.24, 2.45) is 11.3 Å². The molecular formula is C9H17NO. The molecule has 0 aromatic heterocycles. The third-order valence-electron chi connectivity index (χ3n) is 2.62. The van der Waals surface area contributed by atoms with E-state index in [-0.39, 0.29) is 0 Å². The van der Waals surface area contributed by atoms with Crippen LogP contribution in [0, 0.1) is 11.3 Å². The van der Waals surface area contributed by atoms with Gasteiger partial charge in [-0.2, -0.15) is 0 Å². The van der Waals surface area contributed by atoms with Crippen molar-refractivity contribution < 1.29 is 4.79 Å². The zero-order chi connectivity index (χ0) is 8.65. The molecule has 1 aliphatic carbocycles. The average molecular weight is 155 g/mol. The van der Waals surface area contributed by atoms with Crippen LogP contribution in [0.2, 0.25) is 0 Å². The first-order valence-corrected chi connectivity index (χ1v) is 4.38. The summed E-state index contributed by atoms with van der Waals surface area (Å²) in [5.41, 5.74) is 0.381. The van der Waals surface area contributed by atoms with Crippen LogP contribution in [-0.4, -0.2) is 24.4 Å². The molecule has 1 heterocycles. The maximum atomic E-state index is 11.1. The molecule has 0 bridgehead atoms. The molecule has 1 amide bonds. The van der Waals surface area contributed by atoms with Crippen molar-refractivity contribution >= 4 is 5.91 Å². The standard InChI is InChI=1S/C7H11NO.C2H6/c1-7-3-5(7)6(9)8(2)4-7;1-2/h5H,3-4H2,1-2H3;1-2H3. The van der Waals surface area contributed by atoms with Crippen LogP contribution in [0.5, 0.6) is 0 Å². The van der Waals surface area contributed by atoms with Crippen LogP contribution in [0.4, 0.5) is 0 Å². The molecule has 2 rings (SSSR count). The number of carbonyl (C=O) groups is 1. The Balaban J connectivity index is 0.000000281. The van der Waals surface area contributed by atoms with E-state index < -0.39 is 0 Å². The smallest absolute Gasteiger partial charge is 0.226 e. The summed E-state index contributed by atoms with van der Waals surface area (Å²) >= 11 is 0. The van der Waals surface area contributed by atoms with Gasteiger partial charge < -0.3 is 4.90 Å². The lowest BCUT2D eigenvalue weighted by molar-refractivity contribution is -0.128. The van der Waals surface area contributed by atoms with Crippen molar-refractivity contribution in [2.75, 3.05) is 13.6 Å². The van der Waals surface area contributed by atoms with Crippen molar-refractivity contribution in [3.8, 4) is 0 Å². The van der Waals surface area contributed by atoms with E-state index >= 15 is 0 Å². The van der Waals surface area contributed by atoms with E-state index in [0.29, 0.717) is 17.2 Å². The number of hydrogen-bond donors (Lipinski definition) is 0. The number of rotatable bonds is 0. The first-order valence-electron chi connectivity index (χ1n) is 4.38. The van der Waals surface area contributed by atoms with Gasteiger partial charge in [0.05, 0.1) is 0 Å². The van der Waals surface area contributed by atoms with Crippen LogP contribution in [0.1, 0.15) is 27.2 Å². The number of piperidine rings is 1. The van der Waals surface area contributed by atoms with Gasteiger partial charge in [0.15, 0.2) is 0 Å². The lowest BCUT2D eigenvalue weighted by atomic mass is 10.1. The number of nitrogens with zero attached hydrogens (tertiary/aromatic N) is 1. The molecule has 0 radical (unpaired) electrons. The summed E-state index contributed by atoms with van der Waals surface area (Å²) in [5, 5.41) is 0. The van der Waals surface area contributed by atoms with E-state index in [4.69, 9.17) is 0 Å². The summed E-state index contributed by atoms with van der Waals surface area (Å²) in [5.74, 6) is 0.750. The molecule has 1 saturated carbocycles. The van der Waals surface area contributed by atoms with Crippen LogP contribution in [0.3, 0.4) is 0 Å². The monoisotopic (exact) mass is 155 g/mol. The average Bonchev–Trinajstić information content (AvgIpc) is 2.59. The van der Waals surface area contributed by atoms with Gasteiger partial charge in [0.2, 0.25) is 5.91 Å². The van der Waals surface area contributed by atoms with Gasteiger partial charge in [-0.25, -0.2) is 0 Å². The van der Waals surface area contributed by atoms with Crippen molar-refractivity contribution in [2.45, 2.75) is 27.2 Å². The molecule has 11 heavy (non-hydrogen) atoms. The number of likely N-dealkylation sites (tertiary alicyclic amines) is 1. The Labute approximate surface area is 68.6 Å². The number of hydrogen-bond acceptors (Lipinski definition) is 1. The Kier molecular flexibility index (Phi) is 1.95. The van der Waals surface area contributed by atoms with Crippen LogP contribution in [0.15, 0.2) is 0 Å². The van der Waals surface area contributed by atoms with E-state index in [1.165, 1.54) is 0 Å². The van der Waals surface area contributed by atoms with E-state index in [2.05, 4.69) is 6.92 Å². The maximum absolute atomic E-state index is 11.1. The maximum Gasteiger partial charge on any atom is 0.226 e. The predicted octanol–water partition coefficient (Wildman–Crippen LogP) is 1.51. The van der Waals surface area contributed by atoms with Gasteiger partial charge in [0, 0.05) is 19.5 Å². The summed E-state index contributed by atoms with van der Waals surface area (Å²) in [7, 11) is 1.89. The van der Waals surface area contributed by atoms with Crippen molar-refractivity contribution in [1.29, 1.82) is 0 Å². The van der Waals surface area contributed by atoms with Crippen LogP contribution in [0.25, 0.3) is 0 Å². The Hall–Kier alpha value is -0.530. The first kappa shape index (κ1) is 8.57. The first-order chi connectivity index (χ1) is 5.13. The normalized spacial score (nSPS) is 39.5. The fourth-order valence-electron chi connectivity index (χ4n) is 1.85. The number of carbonyl (C=O) groups excluding carboxylic acids is 1. The highest BCUT2D eigenvalue weighted by Gasteiger charge is 2.60. The minimum absolute atomic E-state index is 0.359. The molecule has 2 heteroatoms. The molecule has 64 valence electrons. The van der Waals surface area contributed by atoms with Crippen molar-refractivity contribution in [3.05, 3.63) is 0 Å². The van der Waals surface area contributed by atoms with Gasteiger partial charge in [-0.15, -0.1) is 0 Å². The third-order valence-corrected chi connectivity index (χ3v) is 2.62. The quantitative estimate of drug-likeness (QED) is 0.519. The van der Waals surface area contributed by atoms with Gasteiger partial charge >= 0.3 is 0 Å². The third kappa shape index (κ3) is 1.15. The molecule has 0 N–H and O–H groups in total. The lowest BCUT2D eigenvalue weighted by Crippen LogP contribution is -2.23. The Morgan fingerprint density at radius 2 is 2.09 bits per heavy atom. The molecular weight excluding hydrogens is 138 g/mol. The summed E-state index contributed by atoms with van der Waals surface area (Å²) in [6, 6.07) is 0. The second-order valence-electron chi connectivity index (χ2n) is 3.61. The molecule has 0 spiro atoms. The van der Waals surface area contributed by atoms with Crippen LogP contribution >= 0.6 is 0 Å². The SMILES string of the molecule is CC.CN1CC2(C)CC2C1=O.